The third kappa shape index (κ3) is 5.58. The Morgan fingerprint density at radius 2 is 1.56 bits per heavy atom. The number of hydrogen-bond acceptors (Lipinski definition) is 3. The number of aryl methyl sites for hydroxylation is 2. The van der Waals surface area contributed by atoms with E-state index in [9.17, 15) is 0 Å². The molecule has 9 rings (SSSR count). The van der Waals surface area contributed by atoms with E-state index in [-0.39, 0.29) is 33.1 Å². The molecule has 1 atom stereocenters. The van der Waals surface area contributed by atoms with Gasteiger partial charge in [-0.25, -0.2) is 4.98 Å². The summed E-state index contributed by atoms with van der Waals surface area (Å²) in [4.78, 5) is 9.60. The number of rotatable bonds is 4. The number of aliphatic imine (C=N–C) groups is 1. The Hall–Kier alpha value is -4.99. The van der Waals surface area contributed by atoms with Crippen LogP contribution in [0.5, 0.6) is 0 Å². The molecule has 0 spiro atoms. The van der Waals surface area contributed by atoms with Gasteiger partial charge in [0, 0.05) is 26.6 Å². The van der Waals surface area contributed by atoms with Gasteiger partial charge < -0.3 is 13.9 Å². The van der Waals surface area contributed by atoms with Crippen LogP contribution in [0.4, 0.5) is 0 Å². The molecule has 6 heteroatoms. The zero-order valence-corrected chi connectivity index (χ0v) is 32.3. The normalized spacial score (nSPS) is 17.2. The van der Waals surface area contributed by atoms with Gasteiger partial charge in [0.2, 0.25) is 0 Å². The van der Waals surface area contributed by atoms with E-state index in [1.54, 1.807) is 6.92 Å². The first-order valence-corrected chi connectivity index (χ1v) is 17.4. The molecule has 4 heterocycles. The van der Waals surface area contributed by atoms with E-state index in [4.69, 9.17) is 13.8 Å². The molecule has 0 amide bonds. The summed E-state index contributed by atoms with van der Waals surface area (Å²) < 4.78 is 34.9. The third-order valence-corrected chi connectivity index (χ3v) is 10.0. The summed E-state index contributed by atoms with van der Waals surface area (Å²) in [6, 6.07) is 41.7. The molecular weight excluding hydrogens is 820 g/mol. The second-order valence-electron chi connectivity index (χ2n) is 15.1. The molecule has 0 unspecified atom stereocenters. The van der Waals surface area contributed by atoms with Gasteiger partial charge in [0.1, 0.15) is 18.2 Å². The van der Waals surface area contributed by atoms with Crippen LogP contribution < -0.4 is 0 Å². The number of pyridine rings is 1. The Labute approximate surface area is 323 Å². The van der Waals surface area contributed by atoms with Crippen molar-refractivity contribution in [2.24, 2.45) is 4.99 Å². The molecule has 0 aliphatic carbocycles. The van der Waals surface area contributed by atoms with Gasteiger partial charge in [-0.05, 0) is 78.6 Å². The number of benzene rings is 5. The van der Waals surface area contributed by atoms with Gasteiger partial charge in [-0.15, -0.1) is 40.8 Å². The van der Waals surface area contributed by atoms with E-state index in [0.29, 0.717) is 11.5 Å². The van der Waals surface area contributed by atoms with E-state index < -0.39 is 12.4 Å². The summed E-state index contributed by atoms with van der Waals surface area (Å²) in [6.07, 6.45) is 1.85. The minimum atomic E-state index is -2.31. The minimum absolute atomic E-state index is 0. The maximum Gasteiger partial charge on any atom is 2.00 e. The Morgan fingerprint density at radius 1 is 0.788 bits per heavy atom. The van der Waals surface area contributed by atoms with Crippen molar-refractivity contribution in [2.75, 3.05) is 6.61 Å². The summed E-state index contributed by atoms with van der Waals surface area (Å²) in [7, 11) is 0. The summed E-state index contributed by atoms with van der Waals surface area (Å²) in [6.45, 7) is 10.1. The van der Waals surface area contributed by atoms with Crippen LogP contribution >= 0.6 is 0 Å². The fraction of sp³-hybridized carbons (Fsp3) is 0.217. The predicted molar refractivity (Wildman–Crippen MR) is 211 cm³/mol. The van der Waals surface area contributed by atoms with Crippen molar-refractivity contribution in [3.8, 4) is 22.5 Å². The van der Waals surface area contributed by atoms with E-state index in [1.807, 2.05) is 24.4 Å². The fourth-order valence-corrected chi connectivity index (χ4v) is 7.42. The zero-order valence-electron chi connectivity index (χ0n) is 33.0. The van der Waals surface area contributed by atoms with Gasteiger partial charge in [-0.1, -0.05) is 98.6 Å². The van der Waals surface area contributed by atoms with Crippen molar-refractivity contribution in [3.63, 3.8) is 0 Å². The second kappa shape index (κ2) is 12.3. The zero-order chi connectivity index (χ0) is 37.7. The maximum absolute atomic E-state index is 8.14. The van der Waals surface area contributed by atoms with E-state index in [1.165, 1.54) is 5.56 Å². The molecule has 260 valence electrons. The molecule has 5 nitrogen and oxygen atoms in total. The number of aromatic nitrogens is 3. The van der Waals surface area contributed by atoms with E-state index >= 15 is 0 Å². The van der Waals surface area contributed by atoms with E-state index in [2.05, 4.69) is 140 Å². The number of ether oxygens (including phenoxy) is 1. The maximum atomic E-state index is 8.14. The van der Waals surface area contributed by atoms with Gasteiger partial charge in [0.05, 0.1) is 11.1 Å². The van der Waals surface area contributed by atoms with Crippen LogP contribution in [0.15, 0.2) is 108 Å². The average Bonchev–Trinajstić information content (AvgIpc) is 3.81. The van der Waals surface area contributed by atoms with Crippen molar-refractivity contribution < 1.29 is 29.9 Å². The summed E-state index contributed by atoms with van der Waals surface area (Å²) >= 11 is 0. The van der Waals surface area contributed by atoms with Crippen LogP contribution in [0.1, 0.15) is 60.9 Å². The molecule has 3 aromatic heterocycles. The molecule has 0 saturated carbocycles. The molecule has 0 radical (unpaired) electrons. The van der Waals surface area contributed by atoms with Crippen LogP contribution in [-0.2, 0) is 31.2 Å². The molecule has 1 aliphatic heterocycles. The fourth-order valence-electron chi connectivity index (χ4n) is 7.42. The molecule has 0 N–H and O–H groups in total. The standard InChI is InChI=1S/C46H40N4O.Pt/c1-28-15-17-39-36(20-28)37-21-29(2)41(50-40-18-16-31(30-12-9-8-10-13-30)24-38(40)35-14-11-19-47-43(35)50)26-42(37)49(39)34-23-32(22-33(25-34)45(3,4)5)44-48-46(6,7)27-51-44;/h8-22,24-25H,27H2,1-7H3;/q-2;+2/i6D3;/t46-;/m0./s1. The van der Waals surface area contributed by atoms with Gasteiger partial charge in [0.25, 0.3) is 0 Å². The number of nitrogens with zero attached hydrogens (tertiary/aromatic N) is 4. The third-order valence-electron chi connectivity index (χ3n) is 10.0. The van der Waals surface area contributed by atoms with Crippen LogP contribution in [0.25, 0.3) is 66.2 Å². The number of fused-ring (bicyclic) bond motifs is 6. The first-order chi connectivity index (χ1) is 25.7. The molecule has 1 aliphatic rings. The molecule has 0 saturated heterocycles. The largest absolute Gasteiger partial charge is 2.00 e. The first kappa shape index (κ1) is 30.6. The van der Waals surface area contributed by atoms with E-state index in [0.717, 1.165) is 77.4 Å². The topological polar surface area (TPSA) is 44.3 Å². The second-order valence-corrected chi connectivity index (χ2v) is 15.1. The van der Waals surface area contributed by atoms with Crippen molar-refractivity contribution in [3.05, 3.63) is 138 Å². The molecule has 8 aromatic rings. The van der Waals surface area contributed by atoms with Crippen molar-refractivity contribution in [2.45, 2.75) is 59.3 Å². The van der Waals surface area contributed by atoms with Crippen LogP contribution in [0.2, 0.25) is 0 Å². The molecule has 0 fully saturated rings. The quantitative estimate of drug-likeness (QED) is 0.166. The molecule has 0 bridgehead atoms. The molecular formula is C46H40N4OPt. The summed E-state index contributed by atoms with van der Waals surface area (Å²) in [5.74, 6) is 0.296. The molecule has 5 aromatic carbocycles. The Balaban J connectivity index is 0.00000427. The summed E-state index contributed by atoms with van der Waals surface area (Å²) in [5.41, 5.74) is 10.2. The van der Waals surface area contributed by atoms with Gasteiger partial charge in [0.15, 0.2) is 0 Å². The smallest absolute Gasteiger partial charge is 0.518 e. The first-order valence-electron chi connectivity index (χ1n) is 18.9. The monoisotopic (exact) mass is 862 g/mol. The SMILES string of the molecule is [2H]C([2H])([2H])[C@]1(C)COC(c2[c-]c(-n3c4[c-]c(-n5c6ccc(-c7ccccc7)cc6c6cccnc65)c(C)cc4c4cc(C)ccc43)cc(C(C)(C)C)c2)=N1.[Pt+2]. The molecule has 52 heavy (non-hydrogen) atoms. The van der Waals surface area contributed by atoms with Crippen molar-refractivity contribution in [1.29, 1.82) is 0 Å². The van der Waals surface area contributed by atoms with Crippen molar-refractivity contribution >= 4 is 49.6 Å². The van der Waals surface area contributed by atoms with Crippen molar-refractivity contribution in [1.82, 2.24) is 14.1 Å². The van der Waals surface area contributed by atoms with Crippen LogP contribution in [0, 0.1) is 26.0 Å². The average molecular weight is 863 g/mol. The van der Waals surface area contributed by atoms with Crippen LogP contribution in [0.3, 0.4) is 0 Å². The van der Waals surface area contributed by atoms with Gasteiger partial charge >= 0.3 is 21.1 Å². The Morgan fingerprint density at radius 3 is 2.33 bits per heavy atom. The van der Waals surface area contributed by atoms with Crippen LogP contribution in [-0.4, -0.2) is 32.2 Å². The number of hydrogen-bond donors (Lipinski definition) is 0. The Kier molecular flexibility index (Phi) is 7.25. The predicted octanol–water partition coefficient (Wildman–Crippen LogP) is 11.0. The summed E-state index contributed by atoms with van der Waals surface area (Å²) in [5, 5.41) is 4.40. The van der Waals surface area contributed by atoms with Gasteiger partial charge in [-0.2, -0.15) is 6.07 Å². The Bertz CT molecular complexity index is 2850. The van der Waals surface area contributed by atoms with Gasteiger partial charge in [-0.3, -0.25) is 4.99 Å². The minimum Gasteiger partial charge on any atom is -0.518 e.